The maximum atomic E-state index is 12.5. The van der Waals surface area contributed by atoms with Crippen LogP contribution in [-0.2, 0) is 0 Å². The first-order chi connectivity index (χ1) is 12.2. The summed E-state index contributed by atoms with van der Waals surface area (Å²) in [6.07, 6.45) is 4.89. The van der Waals surface area contributed by atoms with E-state index in [2.05, 4.69) is 25.3 Å². The molecule has 1 aromatic carbocycles. The van der Waals surface area contributed by atoms with Gasteiger partial charge < -0.3 is 5.32 Å². The zero-order valence-corrected chi connectivity index (χ0v) is 13.4. The van der Waals surface area contributed by atoms with E-state index in [1.54, 1.807) is 24.5 Å². The van der Waals surface area contributed by atoms with Gasteiger partial charge in [0.1, 0.15) is 29.5 Å². The Morgan fingerprint density at radius 2 is 1.96 bits per heavy atom. The van der Waals surface area contributed by atoms with E-state index in [1.165, 1.54) is 6.33 Å². The molecule has 0 fully saturated rings. The number of nitrogens with zero attached hydrogens (tertiary/aromatic N) is 5. The summed E-state index contributed by atoms with van der Waals surface area (Å²) in [5, 5.41) is 3.74. The zero-order chi connectivity index (χ0) is 17.2. The molecule has 7 heteroatoms. The van der Waals surface area contributed by atoms with Crippen molar-refractivity contribution in [1.82, 2.24) is 24.5 Å². The molecule has 7 nitrogen and oxygen atoms in total. The maximum absolute atomic E-state index is 12.5. The van der Waals surface area contributed by atoms with Crippen molar-refractivity contribution in [3.05, 3.63) is 72.7 Å². The van der Waals surface area contributed by atoms with Crippen molar-refractivity contribution >= 4 is 22.6 Å². The SMILES string of the molecule is Cc1nccn1-c1cc(NC(=O)c2ccc3ccccc3n2)ncn1. The van der Waals surface area contributed by atoms with Gasteiger partial charge in [-0.1, -0.05) is 24.3 Å². The highest BCUT2D eigenvalue weighted by Crippen LogP contribution is 2.14. The fourth-order valence-corrected chi connectivity index (χ4v) is 2.54. The molecule has 3 heterocycles. The first kappa shape index (κ1) is 14.9. The van der Waals surface area contributed by atoms with Crippen molar-refractivity contribution in [3.63, 3.8) is 0 Å². The summed E-state index contributed by atoms with van der Waals surface area (Å²) in [4.78, 5) is 29.3. The highest BCUT2D eigenvalue weighted by molar-refractivity contribution is 6.03. The molecule has 4 aromatic rings. The average molecular weight is 330 g/mol. The number of imidazole rings is 1. The van der Waals surface area contributed by atoms with Gasteiger partial charge in [-0.25, -0.2) is 19.9 Å². The summed E-state index contributed by atoms with van der Waals surface area (Å²) in [5.41, 5.74) is 1.10. The molecule has 25 heavy (non-hydrogen) atoms. The van der Waals surface area contributed by atoms with E-state index in [4.69, 9.17) is 0 Å². The molecule has 1 N–H and O–H groups in total. The van der Waals surface area contributed by atoms with Gasteiger partial charge in [-0.05, 0) is 19.1 Å². The molecule has 0 spiro atoms. The lowest BCUT2D eigenvalue weighted by Gasteiger charge is -2.07. The minimum absolute atomic E-state index is 0.322. The molecule has 0 bridgehead atoms. The van der Waals surface area contributed by atoms with Gasteiger partial charge in [-0.2, -0.15) is 0 Å². The lowest BCUT2D eigenvalue weighted by molar-refractivity contribution is 0.102. The van der Waals surface area contributed by atoms with Gasteiger partial charge in [0.05, 0.1) is 5.52 Å². The third-order valence-electron chi connectivity index (χ3n) is 3.80. The van der Waals surface area contributed by atoms with Gasteiger partial charge in [0.15, 0.2) is 0 Å². The van der Waals surface area contributed by atoms with Crippen LogP contribution in [0.2, 0.25) is 0 Å². The normalized spacial score (nSPS) is 10.8. The van der Waals surface area contributed by atoms with Crippen LogP contribution in [0.25, 0.3) is 16.7 Å². The number of anilines is 1. The van der Waals surface area contributed by atoms with Crippen molar-refractivity contribution in [2.75, 3.05) is 5.32 Å². The minimum Gasteiger partial charge on any atom is -0.305 e. The van der Waals surface area contributed by atoms with E-state index in [1.807, 2.05) is 41.8 Å². The molecule has 0 atom stereocenters. The topological polar surface area (TPSA) is 85.6 Å². The Morgan fingerprint density at radius 1 is 1.08 bits per heavy atom. The second-order valence-corrected chi connectivity index (χ2v) is 5.45. The van der Waals surface area contributed by atoms with E-state index in [0.29, 0.717) is 17.3 Å². The smallest absolute Gasteiger partial charge is 0.275 e. The summed E-state index contributed by atoms with van der Waals surface area (Å²) in [6, 6.07) is 12.9. The van der Waals surface area contributed by atoms with E-state index in [0.717, 1.165) is 16.7 Å². The number of carbonyl (C=O) groups excluding carboxylic acids is 1. The molecule has 0 saturated carbocycles. The molecule has 0 unspecified atom stereocenters. The van der Waals surface area contributed by atoms with E-state index in [-0.39, 0.29) is 5.91 Å². The highest BCUT2D eigenvalue weighted by Gasteiger charge is 2.11. The Morgan fingerprint density at radius 3 is 2.80 bits per heavy atom. The number of para-hydroxylation sites is 1. The number of aromatic nitrogens is 5. The summed E-state index contributed by atoms with van der Waals surface area (Å²) in [7, 11) is 0. The van der Waals surface area contributed by atoms with Crippen LogP contribution in [0.4, 0.5) is 5.82 Å². The van der Waals surface area contributed by atoms with Crippen molar-refractivity contribution < 1.29 is 4.79 Å². The van der Waals surface area contributed by atoms with Gasteiger partial charge in [-0.3, -0.25) is 9.36 Å². The van der Waals surface area contributed by atoms with Crippen LogP contribution >= 0.6 is 0 Å². The maximum Gasteiger partial charge on any atom is 0.275 e. The Bertz CT molecular complexity index is 1070. The number of hydrogen-bond donors (Lipinski definition) is 1. The first-order valence-electron chi connectivity index (χ1n) is 7.70. The molecular formula is C18H14N6O. The molecule has 0 aliphatic carbocycles. The van der Waals surface area contributed by atoms with Gasteiger partial charge >= 0.3 is 0 Å². The largest absolute Gasteiger partial charge is 0.305 e. The second-order valence-electron chi connectivity index (χ2n) is 5.45. The van der Waals surface area contributed by atoms with Gasteiger partial charge in [-0.15, -0.1) is 0 Å². The van der Waals surface area contributed by atoms with Crippen molar-refractivity contribution in [2.24, 2.45) is 0 Å². The molecular weight excluding hydrogens is 316 g/mol. The van der Waals surface area contributed by atoms with Crippen LogP contribution in [0, 0.1) is 6.92 Å². The monoisotopic (exact) mass is 330 g/mol. The third kappa shape index (κ3) is 2.94. The van der Waals surface area contributed by atoms with Gasteiger partial charge in [0.2, 0.25) is 0 Å². The first-order valence-corrected chi connectivity index (χ1v) is 7.70. The van der Waals surface area contributed by atoms with E-state index in [9.17, 15) is 4.79 Å². The second kappa shape index (κ2) is 6.12. The number of amides is 1. The predicted octanol–water partition coefficient (Wildman–Crippen LogP) is 2.77. The van der Waals surface area contributed by atoms with Crippen LogP contribution in [0.15, 0.2) is 61.2 Å². The van der Waals surface area contributed by atoms with Crippen LogP contribution in [-0.4, -0.2) is 30.4 Å². The van der Waals surface area contributed by atoms with Crippen molar-refractivity contribution in [1.29, 1.82) is 0 Å². The Kier molecular flexibility index (Phi) is 3.66. The number of aryl methyl sites for hydroxylation is 1. The fraction of sp³-hybridized carbons (Fsp3) is 0.0556. The van der Waals surface area contributed by atoms with Gasteiger partial charge in [0.25, 0.3) is 5.91 Å². The molecule has 1 amide bonds. The Balaban J connectivity index is 1.61. The van der Waals surface area contributed by atoms with Crippen LogP contribution in [0.1, 0.15) is 16.3 Å². The summed E-state index contributed by atoms with van der Waals surface area (Å²) >= 11 is 0. The average Bonchev–Trinajstić information content (AvgIpc) is 3.07. The number of fused-ring (bicyclic) bond motifs is 1. The quantitative estimate of drug-likeness (QED) is 0.624. The molecule has 0 saturated heterocycles. The standard InChI is InChI=1S/C18H14N6O/c1-12-19-8-9-24(12)17-10-16(20-11-21-17)23-18(25)15-7-6-13-4-2-3-5-14(13)22-15/h2-11H,1H3,(H,20,21,23,25). The molecule has 0 radical (unpaired) electrons. The number of nitrogens with one attached hydrogen (secondary N) is 1. The van der Waals surface area contributed by atoms with Crippen LogP contribution in [0.3, 0.4) is 0 Å². The number of benzene rings is 1. The van der Waals surface area contributed by atoms with Crippen LogP contribution < -0.4 is 5.32 Å². The van der Waals surface area contributed by atoms with E-state index >= 15 is 0 Å². The lowest BCUT2D eigenvalue weighted by Crippen LogP contribution is -2.15. The molecule has 3 aromatic heterocycles. The van der Waals surface area contributed by atoms with Crippen molar-refractivity contribution in [2.45, 2.75) is 6.92 Å². The molecule has 0 aliphatic heterocycles. The third-order valence-corrected chi connectivity index (χ3v) is 3.80. The van der Waals surface area contributed by atoms with Crippen LogP contribution in [0.5, 0.6) is 0 Å². The highest BCUT2D eigenvalue weighted by atomic mass is 16.1. The Labute approximate surface area is 143 Å². The number of rotatable bonds is 3. The number of carbonyl (C=O) groups is 1. The van der Waals surface area contributed by atoms with Crippen molar-refractivity contribution in [3.8, 4) is 5.82 Å². The Hall–Kier alpha value is -3.61. The summed E-state index contributed by atoms with van der Waals surface area (Å²) < 4.78 is 1.81. The number of hydrogen-bond acceptors (Lipinski definition) is 5. The molecule has 0 aliphatic rings. The summed E-state index contributed by atoms with van der Waals surface area (Å²) in [5.74, 6) is 1.51. The molecule has 122 valence electrons. The zero-order valence-electron chi connectivity index (χ0n) is 13.4. The summed E-state index contributed by atoms with van der Waals surface area (Å²) in [6.45, 7) is 1.87. The minimum atomic E-state index is -0.322. The lowest BCUT2D eigenvalue weighted by atomic mass is 10.2. The van der Waals surface area contributed by atoms with E-state index < -0.39 is 0 Å². The molecule has 4 rings (SSSR count). The van der Waals surface area contributed by atoms with Gasteiger partial charge in [0, 0.05) is 23.8 Å². The number of pyridine rings is 1. The predicted molar refractivity (Wildman–Crippen MR) is 93.6 cm³/mol. The fourth-order valence-electron chi connectivity index (χ4n) is 2.54.